The van der Waals surface area contributed by atoms with Gasteiger partial charge in [-0.1, -0.05) is 6.07 Å². The summed E-state index contributed by atoms with van der Waals surface area (Å²) < 4.78 is 16.0. The standard InChI is InChI=1S/C21H19FN6O5/c1-11-14(22)6-12(18(29)25-26-19(30)13-9-27(10-13)21(32)33)7-15(11)24-20(31)16-8-23-17-4-2-3-5-28(16)17/h2-8,13H,9-10H2,1H3,(H,24,31)(H,25,29)(H,26,30)(H,32,33). The molecule has 12 heteroatoms. The zero-order valence-corrected chi connectivity index (χ0v) is 17.3. The molecule has 4 amide bonds. The van der Waals surface area contributed by atoms with E-state index in [9.17, 15) is 23.6 Å². The number of pyridine rings is 1. The number of anilines is 1. The molecule has 1 aromatic carbocycles. The third kappa shape index (κ3) is 4.31. The van der Waals surface area contributed by atoms with E-state index in [4.69, 9.17) is 5.11 Å². The normalized spacial score (nSPS) is 13.3. The average molecular weight is 454 g/mol. The molecule has 1 saturated heterocycles. The van der Waals surface area contributed by atoms with Crippen molar-refractivity contribution in [1.29, 1.82) is 0 Å². The number of hydrogen-bond acceptors (Lipinski definition) is 5. The van der Waals surface area contributed by atoms with E-state index in [2.05, 4.69) is 21.2 Å². The highest BCUT2D eigenvalue weighted by atomic mass is 19.1. The molecule has 3 heterocycles. The number of hydrogen-bond donors (Lipinski definition) is 4. The largest absolute Gasteiger partial charge is 0.465 e. The highest BCUT2D eigenvalue weighted by Gasteiger charge is 2.35. The van der Waals surface area contributed by atoms with E-state index in [1.807, 2.05) is 0 Å². The highest BCUT2D eigenvalue weighted by Crippen LogP contribution is 2.22. The molecule has 1 fully saturated rings. The van der Waals surface area contributed by atoms with Crippen molar-refractivity contribution >= 4 is 35.1 Å². The number of halogens is 1. The fourth-order valence-corrected chi connectivity index (χ4v) is 3.32. The fraction of sp³-hybridized carbons (Fsp3) is 0.190. The number of aromatic nitrogens is 2. The van der Waals surface area contributed by atoms with Gasteiger partial charge in [-0.25, -0.2) is 14.2 Å². The van der Waals surface area contributed by atoms with Gasteiger partial charge in [-0.2, -0.15) is 0 Å². The first-order valence-corrected chi connectivity index (χ1v) is 9.86. The second kappa shape index (κ2) is 8.57. The zero-order valence-electron chi connectivity index (χ0n) is 17.3. The van der Waals surface area contributed by atoms with Crippen molar-refractivity contribution in [3.8, 4) is 0 Å². The lowest BCUT2D eigenvalue weighted by Crippen LogP contribution is -2.57. The number of amides is 4. The molecule has 1 aliphatic rings. The van der Waals surface area contributed by atoms with Crippen LogP contribution in [0, 0.1) is 18.7 Å². The summed E-state index contributed by atoms with van der Waals surface area (Å²) in [5.41, 5.74) is 5.24. The Bertz CT molecular complexity index is 1280. The molecule has 2 aromatic heterocycles. The number of nitrogens with zero attached hydrogens (tertiary/aromatic N) is 3. The van der Waals surface area contributed by atoms with Crippen molar-refractivity contribution in [2.45, 2.75) is 6.92 Å². The maximum atomic E-state index is 14.5. The number of carboxylic acid groups (broad SMARTS) is 1. The molecule has 0 atom stereocenters. The third-order valence-electron chi connectivity index (χ3n) is 5.33. The molecule has 1 aliphatic heterocycles. The molecule has 0 saturated carbocycles. The van der Waals surface area contributed by atoms with Crippen molar-refractivity contribution in [3.05, 3.63) is 65.4 Å². The number of carbonyl (C=O) groups excluding carboxylic acids is 3. The fourth-order valence-electron chi connectivity index (χ4n) is 3.32. The molecule has 4 N–H and O–H groups in total. The number of nitrogens with one attached hydrogen (secondary N) is 3. The molecule has 0 radical (unpaired) electrons. The van der Waals surface area contributed by atoms with Crippen LogP contribution in [0.5, 0.6) is 0 Å². The van der Waals surface area contributed by atoms with Gasteiger partial charge in [0, 0.05) is 36.1 Å². The highest BCUT2D eigenvalue weighted by molar-refractivity contribution is 6.05. The number of hydrazine groups is 1. The number of benzene rings is 1. The van der Waals surface area contributed by atoms with Crippen LogP contribution in [0.15, 0.2) is 42.7 Å². The summed E-state index contributed by atoms with van der Waals surface area (Å²) in [5, 5.41) is 11.4. The molecule has 11 nitrogen and oxygen atoms in total. The second-order valence-corrected chi connectivity index (χ2v) is 7.48. The first-order valence-electron chi connectivity index (χ1n) is 9.86. The van der Waals surface area contributed by atoms with Crippen LogP contribution in [0.25, 0.3) is 5.65 Å². The molecule has 3 aromatic rings. The minimum atomic E-state index is -1.13. The van der Waals surface area contributed by atoms with E-state index in [0.717, 1.165) is 11.0 Å². The molecular formula is C21H19FN6O5. The van der Waals surface area contributed by atoms with Gasteiger partial charge in [0.15, 0.2) is 0 Å². The van der Waals surface area contributed by atoms with Crippen molar-refractivity contribution < 1.29 is 28.7 Å². The first-order chi connectivity index (χ1) is 15.7. The van der Waals surface area contributed by atoms with Crippen LogP contribution in [0.4, 0.5) is 14.9 Å². The van der Waals surface area contributed by atoms with Crippen LogP contribution in [-0.2, 0) is 4.79 Å². The van der Waals surface area contributed by atoms with E-state index in [-0.39, 0.29) is 35.6 Å². The average Bonchev–Trinajstić information content (AvgIpc) is 3.18. The second-order valence-electron chi connectivity index (χ2n) is 7.48. The Hall–Kier alpha value is -4.48. The summed E-state index contributed by atoms with van der Waals surface area (Å²) in [7, 11) is 0. The van der Waals surface area contributed by atoms with Gasteiger partial charge in [0.05, 0.1) is 12.1 Å². The number of imidazole rings is 1. The van der Waals surface area contributed by atoms with Gasteiger partial charge < -0.3 is 15.3 Å². The van der Waals surface area contributed by atoms with Crippen LogP contribution in [-0.4, -0.2) is 56.3 Å². The van der Waals surface area contributed by atoms with Gasteiger partial charge in [0.25, 0.3) is 11.8 Å². The lowest BCUT2D eigenvalue weighted by molar-refractivity contribution is -0.130. The lowest BCUT2D eigenvalue weighted by Gasteiger charge is -2.35. The van der Waals surface area contributed by atoms with Crippen LogP contribution >= 0.6 is 0 Å². The van der Waals surface area contributed by atoms with E-state index in [1.165, 1.54) is 19.2 Å². The Balaban J connectivity index is 1.44. The number of likely N-dealkylation sites (tertiary alicyclic amines) is 1. The predicted molar refractivity (Wildman–Crippen MR) is 113 cm³/mol. The smallest absolute Gasteiger partial charge is 0.407 e. The molecular weight excluding hydrogens is 435 g/mol. The van der Waals surface area contributed by atoms with Crippen molar-refractivity contribution in [1.82, 2.24) is 25.1 Å². The Morgan fingerprint density at radius 2 is 1.88 bits per heavy atom. The monoisotopic (exact) mass is 454 g/mol. The Morgan fingerprint density at radius 1 is 1.12 bits per heavy atom. The summed E-state index contributed by atoms with van der Waals surface area (Å²) >= 11 is 0. The molecule has 33 heavy (non-hydrogen) atoms. The Morgan fingerprint density at radius 3 is 2.61 bits per heavy atom. The van der Waals surface area contributed by atoms with Gasteiger partial charge in [-0.15, -0.1) is 0 Å². The summed E-state index contributed by atoms with van der Waals surface area (Å²) in [6, 6.07) is 7.51. The molecule has 0 unspecified atom stereocenters. The number of carbonyl (C=O) groups is 4. The van der Waals surface area contributed by atoms with Gasteiger partial charge >= 0.3 is 6.09 Å². The summed E-state index contributed by atoms with van der Waals surface area (Å²) in [4.78, 5) is 53.1. The lowest BCUT2D eigenvalue weighted by atomic mass is 10.0. The topological polar surface area (TPSA) is 145 Å². The molecule has 0 spiro atoms. The first kappa shape index (κ1) is 21.7. The van der Waals surface area contributed by atoms with E-state index in [0.29, 0.717) is 5.65 Å². The zero-order chi connectivity index (χ0) is 23.7. The summed E-state index contributed by atoms with van der Waals surface area (Å²) in [6.45, 7) is 1.50. The summed E-state index contributed by atoms with van der Waals surface area (Å²) in [6.07, 6.45) is 1.92. The van der Waals surface area contributed by atoms with Gasteiger partial charge in [0.1, 0.15) is 17.2 Å². The third-order valence-corrected chi connectivity index (χ3v) is 5.33. The van der Waals surface area contributed by atoms with Crippen LogP contribution < -0.4 is 16.2 Å². The number of rotatable bonds is 4. The van der Waals surface area contributed by atoms with Crippen LogP contribution in [0.3, 0.4) is 0 Å². The molecule has 0 aliphatic carbocycles. The SMILES string of the molecule is Cc1c(F)cc(C(=O)NNC(=O)C2CN(C(=O)O)C2)cc1NC(=O)c1cnc2ccccn12. The van der Waals surface area contributed by atoms with E-state index < -0.39 is 35.5 Å². The molecule has 4 rings (SSSR count). The van der Waals surface area contributed by atoms with Gasteiger partial charge in [-0.3, -0.25) is 29.6 Å². The summed E-state index contributed by atoms with van der Waals surface area (Å²) in [5.74, 6) is -3.22. The minimum absolute atomic E-state index is 0.0235. The maximum Gasteiger partial charge on any atom is 0.407 e. The quantitative estimate of drug-likeness (QED) is 0.439. The van der Waals surface area contributed by atoms with E-state index in [1.54, 1.807) is 28.8 Å². The Labute approximate surface area is 186 Å². The van der Waals surface area contributed by atoms with Crippen molar-refractivity contribution in [2.75, 3.05) is 18.4 Å². The Kier molecular flexibility index (Phi) is 5.65. The molecule has 170 valence electrons. The minimum Gasteiger partial charge on any atom is -0.465 e. The van der Waals surface area contributed by atoms with Crippen LogP contribution in [0.1, 0.15) is 26.4 Å². The number of fused-ring (bicyclic) bond motifs is 1. The van der Waals surface area contributed by atoms with Gasteiger partial charge in [0.2, 0.25) is 5.91 Å². The van der Waals surface area contributed by atoms with Crippen molar-refractivity contribution in [2.24, 2.45) is 5.92 Å². The molecule has 0 bridgehead atoms. The van der Waals surface area contributed by atoms with Gasteiger partial charge in [-0.05, 0) is 31.2 Å². The maximum absolute atomic E-state index is 14.5. The van der Waals surface area contributed by atoms with E-state index >= 15 is 0 Å². The predicted octanol–water partition coefficient (Wildman–Crippen LogP) is 1.40. The van der Waals surface area contributed by atoms with Crippen LogP contribution in [0.2, 0.25) is 0 Å². The van der Waals surface area contributed by atoms with Crippen molar-refractivity contribution in [3.63, 3.8) is 0 Å².